The molecule has 3 aromatic heterocycles. The van der Waals surface area contributed by atoms with E-state index in [1.807, 2.05) is 29.9 Å². The molecule has 0 saturated heterocycles. The number of nitrogens with zero attached hydrogens (tertiary/aromatic N) is 2. The Bertz CT molecular complexity index is 1090. The number of pyridine rings is 1. The van der Waals surface area contributed by atoms with Crippen molar-refractivity contribution in [3.63, 3.8) is 0 Å². The normalized spacial score (nSPS) is 12.3. The average molecular weight is 399 g/mol. The number of hydrogen-bond acceptors (Lipinski definition) is 3. The second kappa shape index (κ2) is 7.27. The lowest BCUT2D eigenvalue weighted by Crippen LogP contribution is -2.04. The summed E-state index contributed by atoms with van der Waals surface area (Å²) >= 11 is 7.55. The minimum absolute atomic E-state index is 0.339. The van der Waals surface area contributed by atoms with Crippen LogP contribution < -0.4 is 0 Å². The number of aryl methyl sites for hydroxylation is 1. The van der Waals surface area contributed by atoms with Gasteiger partial charge in [0, 0.05) is 52.8 Å². The lowest BCUT2D eigenvalue weighted by Gasteiger charge is -2.16. The third-order valence-electron chi connectivity index (χ3n) is 4.46. The zero-order chi connectivity index (χ0) is 19.0. The van der Waals surface area contributed by atoms with Crippen LogP contribution in [0.1, 0.15) is 17.2 Å². The van der Waals surface area contributed by atoms with Crippen LogP contribution in [0.5, 0.6) is 0 Å². The van der Waals surface area contributed by atoms with Gasteiger partial charge in [0.2, 0.25) is 0 Å². The molecule has 1 atom stereocenters. The van der Waals surface area contributed by atoms with Crippen molar-refractivity contribution in [3.8, 4) is 21.7 Å². The zero-order valence-corrected chi connectivity index (χ0v) is 16.0. The van der Waals surface area contributed by atoms with E-state index < -0.39 is 6.10 Å². The van der Waals surface area contributed by atoms with E-state index in [2.05, 4.69) is 4.98 Å². The van der Waals surface area contributed by atoms with E-state index in [1.165, 1.54) is 17.4 Å². The van der Waals surface area contributed by atoms with Crippen LogP contribution in [0.15, 0.2) is 67.1 Å². The number of aliphatic hydroxyl groups is 1. The van der Waals surface area contributed by atoms with Gasteiger partial charge in [0.25, 0.3) is 0 Å². The van der Waals surface area contributed by atoms with Gasteiger partial charge in [-0.2, -0.15) is 0 Å². The van der Waals surface area contributed by atoms with Gasteiger partial charge in [-0.15, -0.1) is 11.3 Å². The van der Waals surface area contributed by atoms with Crippen molar-refractivity contribution < 1.29 is 9.50 Å². The summed E-state index contributed by atoms with van der Waals surface area (Å²) < 4.78 is 17.1. The quantitative estimate of drug-likeness (QED) is 0.479. The first-order chi connectivity index (χ1) is 13.1. The van der Waals surface area contributed by atoms with Crippen molar-refractivity contribution in [2.45, 2.75) is 6.10 Å². The van der Waals surface area contributed by atoms with Crippen molar-refractivity contribution in [1.82, 2.24) is 9.55 Å². The summed E-state index contributed by atoms with van der Waals surface area (Å²) in [6, 6.07) is 13.9. The average Bonchev–Trinajstić information content (AvgIpc) is 3.25. The van der Waals surface area contributed by atoms with Crippen molar-refractivity contribution in [2.24, 2.45) is 7.05 Å². The maximum absolute atomic E-state index is 14.6. The molecule has 4 rings (SSSR count). The molecular formula is C21H16ClFN2OS. The molecule has 4 aromatic rings. The summed E-state index contributed by atoms with van der Waals surface area (Å²) in [5.41, 5.74) is 3.17. The Kier molecular flexibility index (Phi) is 4.83. The Labute approximate surface area is 165 Å². The van der Waals surface area contributed by atoms with Gasteiger partial charge in [0.05, 0.1) is 10.0 Å². The molecule has 0 aliphatic carbocycles. The van der Waals surface area contributed by atoms with E-state index in [0.29, 0.717) is 26.7 Å². The van der Waals surface area contributed by atoms with Gasteiger partial charge in [-0.25, -0.2) is 4.39 Å². The molecule has 0 saturated carbocycles. The maximum Gasteiger partial charge on any atom is 0.132 e. The third kappa shape index (κ3) is 3.30. The number of halogens is 2. The van der Waals surface area contributed by atoms with Crippen LogP contribution in [-0.4, -0.2) is 14.7 Å². The minimum atomic E-state index is -0.953. The number of benzene rings is 1. The van der Waals surface area contributed by atoms with Crippen molar-refractivity contribution in [1.29, 1.82) is 0 Å². The number of aromatic nitrogens is 2. The molecule has 27 heavy (non-hydrogen) atoms. The number of hydrogen-bond donors (Lipinski definition) is 1. The first-order valence-electron chi connectivity index (χ1n) is 8.34. The Morgan fingerprint density at radius 1 is 1.11 bits per heavy atom. The van der Waals surface area contributed by atoms with Crippen LogP contribution in [0.3, 0.4) is 0 Å². The maximum atomic E-state index is 14.6. The zero-order valence-electron chi connectivity index (χ0n) is 14.4. The Morgan fingerprint density at radius 3 is 2.59 bits per heavy atom. The van der Waals surface area contributed by atoms with Gasteiger partial charge in [-0.05, 0) is 30.3 Å². The summed E-state index contributed by atoms with van der Waals surface area (Å²) in [6.45, 7) is 0. The molecule has 6 heteroatoms. The molecule has 0 radical (unpaired) electrons. The van der Waals surface area contributed by atoms with E-state index in [4.69, 9.17) is 11.6 Å². The van der Waals surface area contributed by atoms with Gasteiger partial charge < -0.3 is 9.67 Å². The summed E-state index contributed by atoms with van der Waals surface area (Å²) in [5, 5.41) is 11.2. The summed E-state index contributed by atoms with van der Waals surface area (Å²) in [7, 11) is 1.85. The molecule has 3 nitrogen and oxygen atoms in total. The molecule has 0 spiro atoms. The highest BCUT2D eigenvalue weighted by Crippen LogP contribution is 2.43. The summed E-state index contributed by atoms with van der Waals surface area (Å²) in [4.78, 5) is 5.02. The van der Waals surface area contributed by atoms with E-state index in [0.717, 1.165) is 10.4 Å². The van der Waals surface area contributed by atoms with Crippen molar-refractivity contribution in [3.05, 3.63) is 88.4 Å². The molecule has 0 aliphatic rings. The summed E-state index contributed by atoms with van der Waals surface area (Å²) in [5.74, 6) is -0.339. The van der Waals surface area contributed by atoms with Crippen molar-refractivity contribution >= 4 is 22.9 Å². The first-order valence-corrected chi connectivity index (χ1v) is 9.53. The molecule has 0 bridgehead atoms. The predicted octanol–water partition coefficient (Wildman–Crippen LogP) is 5.69. The van der Waals surface area contributed by atoms with Gasteiger partial charge >= 0.3 is 0 Å². The van der Waals surface area contributed by atoms with Gasteiger partial charge in [-0.3, -0.25) is 4.98 Å². The highest BCUT2D eigenvalue weighted by molar-refractivity contribution is 7.19. The lowest BCUT2D eigenvalue weighted by atomic mass is 9.95. The molecule has 1 N–H and O–H groups in total. The van der Waals surface area contributed by atoms with E-state index in [1.54, 1.807) is 42.7 Å². The number of aliphatic hydroxyl groups excluding tert-OH is 1. The summed E-state index contributed by atoms with van der Waals surface area (Å²) in [6.07, 6.45) is 4.22. The molecular weight excluding hydrogens is 383 g/mol. The van der Waals surface area contributed by atoms with Crippen LogP contribution in [0.2, 0.25) is 4.34 Å². The fourth-order valence-electron chi connectivity index (χ4n) is 3.27. The highest BCUT2D eigenvalue weighted by Gasteiger charge is 2.26. The van der Waals surface area contributed by atoms with Crippen LogP contribution >= 0.6 is 22.9 Å². The van der Waals surface area contributed by atoms with E-state index in [9.17, 15) is 9.50 Å². The number of thiophene rings is 1. The topological polar surface area (TPSA) is 38.0 Å². The van der Waals surface area contributed by atoms with E-state index >= 15 is 0 Å². The van der Waals surface area contributed by atoms with Crippen LogP contribution in [-0.2, 0) is 7.05 Å². The highest BCUT2D eigenvalue weighted by atomic mass is 35.5. The molecule has 0 fully saturated rings. The molecule has 0 aliphatic heterocycles. The molecule has 0 amide bonds. The van der Waals surface area contributed by atoms with Crippen molar-refractivity contribution in [2.75, 3.05) is 0 Å². The monoisotopic (exact) mass is 398 g/mol. The van der Waals surface area contributed by atoms with Crippen LogP contribution in [0.25, 0.3) is 21.7 Å². The molecule has 136 valence electrons. The Balaban J connectivity index is 1.99. The van der Waals surface area contributed by atoms with Crippen LogP contribution in [0, 0.1) is 5.82 Å². The van der Waals surface area contributed by atoms with Crippen LogP contribution in [0.4, 0.5) is 4.39 Å². The lowest BCUT2D eigenvalue weighted by molar-refractivity contribution is 0.221. The second-order valence-corrected chi connectivity index (χ2v) is 7.90. The fraction of sp³-hybridized carbons (Fsp3) is 0.0952. The standard InChI is InChI=1S/C21H16ClFN2OS/c1-25-12-15(17-8-9-18(22)27-17)19(21(26)13-5-4-10-24-11-13)20(25)14-6-2-3-7-16(14)23/h2-12,21,26H,1H3. The molecule has 1 unspecified atom stereocenters. The van der Waals surface area contributed by atoms with Gasteiger partial charge in [-0.1, -0.05) is 29.8 Å². The SMILES string of the molecule is Cn1cc(-c2ccc(Cl)s2)c(C(O)c2cccnc2)c1-c1ccccc1F. The predicted molar refractivity (Wildman–Crippen MR) is 107 cm³/mol. The van der Waals surface area contributed by atoms with Gasteiger partial charge in [0.1, 0.15) is 11.9 Å². The third-order valence-corrected chi connectivity index (χ3v) is 5.73. The second-order valence-electron chi connectivity index (χ2n) is 6.19. The van der Waals surface area contributed by atoms with Gasteiger partial charge in [0.15, 0.2) is 0 Å². The number of rotatable bonds is 4. The first kappa shape index (κ1) is 17.9. The Hall–Kier alpha value is -2.47. The largest absolute Gasteiger partial charge is 0.383 e. The smallest absolute Gasteiger partial charge is 0.132 e. The van der Waals surface area contributed by atoms with E-state index in [-0.39, 0.29) is 5.82 Å². The molecule has 1 aromatic carbocycles. The fourth-order valence-corrected chi connectivity index (χ4v) is 4.34. The minimum Gasteiger partial charge on any atom is -0.383 e. The molecule has 3 heterocycles. The Morgan fingerprint density at radius 2 is 1.93 bits per heavy atom.